The van der Waals surface area contributed by atoms with E-state index in [-0.39, 0.29) is 17.3 Å². The maximum Gasteiger partial charge on any atom is 0.221 e. The molecule has 0 atom stereocenters. The van der Waals surface area contributed by atoms with Crippen LogP contribution in [0.2, 0.25) is 0 Å². The van der Waals surface area contributed by atoms with E-state index in [0.717, 1.165) is 5.56 Å². The largest absolute Gasteiger partial charge is 0.326 e. The monoisotopic (exact) mass is 283 g/mol. The van der Waals surface area contributed by atoms with E-state index in [0.29, 0.717) is 5.69 Å². The number of hydrogen-bond donors (Lipinski definition) is 1. The van der Waals surface area contributed by atoms with Crippen molar-refractivity contribution in [3.8, 4) is 0 Å². The molecule has 0 saturated carbocycles. The molecule has 0 heterocycles. The van der Waals surface area contributed by atoms with Crippen LogP contribution in [0.5, 0.6) is 0 Å². The third-order valence-corrected chi connectivity index (χ3v) is 2.80. The lowest BCUT2D eigenvalue weighted by Crippen LogP contribution is -2.05. The minimum Gasteiger partial charge on any atom is -0.326 e. The lowest BCUT2D eigenvalue weighted by Gasteiger charge is -2.01. The van der Waals surface area contributed by atoms with Crippen molar-refractivity contribution in [1.29, 1.82) is 0 Å². The van der Waals surface area contributed by atoms with Gasteiger partial charge in [0, 0.05) is 12.6 Å². The highest BCUT2D eigenvalue weighted by Gasteiger charge is 2.06. The van der Waals surface area contributed by atoms with Crippen molar-refractivity contribution in [2.45, 2.75) is 6.92 Å². The molecular formula is C17H14FNO2. The molecule has 0 spiro atoms. The van der Waals surface area contributed by atoms with Crippen LogP contribution in [0.15, 0.2) is 54.6 Å². The molecule has 0 aliphatic carbocycles. The number of allylic oxidation sites excluding steroid dienone is 1. The van der Waals surface area contributed by atoms with Gasteiger partial charge < -0.3 is 5.32 Å². The molecule has 2 rings (SSSR count). The molecule has 0 radical (unpaired) electrons. The predicted molar refractivity (Wildman–Crippen MR) is 80.5 cm³/mol. The molecule has 0 aliphatic heterocycles. The van der Waals surface area contributed by atoms with Gasteiger partial charge in [0.25, 0.3) is 0 Å². The Balaban J connectivity index is 2.09. The standard InChI is InChI=1S/C17H14FNO2/c1-12(20)19-14-9-6-13(7-10-14)8-11-17(21)15-4-2-3-5-16(15)18/h2-11H,1H3,(H,19,20)/b11-8+. The van der Waals surface area contributed by atoms with Crippen molar-refractivity contribution in [2.24, 2.45) is 0 Å². The average molecular weight is 283 g/mol. The van der Waals surface area contributed by atoms with E-state index in [2.05, 4.69) is 5.32 Å². The molecule has 0 unspecified atom stereocenters. The first-order chi connectivity index (χ1) is 10.1. The van der Waals surface area contributed by atoms with Crippen LogP contribution in [0.25, 0.3) is 6.08 Å². The van der Waals surface area contributed by atoms with Gasteiger partial charge in [0.15, 0.2) is 5.78 Å². The zero-order chi connectivity index (χ0) is 15.2. The topological polar surface area (TPSA) is 46.2 Å². The van der Waals surface area contributed by atoms with Crippen LogP contribution >= 0.6 is 0 Å². The predicted octanol–water partition coefficient (Wildman–Crippen LogP) is 3.68. The highest BCUT2D eigenvalue weighted by atomic mass is 19.1. The number of hydrogen-bond acceptors (Lipinski definition) is 2. The van der Waals surface area contributed by atoms with E-state index in [1.165, 1.54) is 31.2 Å². The minimum atomic E-state index is -0.534. The first-order valence-electron chi connectivity index (χ1n) is 6.41. The van der Waals surface area contributed by atoms with Crippen LogP contribution < -0.4 is 5.32 Å². The van der Waals surface area contributed by atoms with Crippen LogP contribution in [0.3, 0.4) is 0 Å². The second kappa shape index (κ2) is 6.61. The number of carbonyl (C=O) groups is 2. The van der Waals surface area contributed by atoms with Gasteiger partial charge in [-0.1, -0.05) is 30.3 Å². The zero-order valence-electron chi connectivity index (χ0n) is 11.5. The number of rotatable bonds is 4. The maximum atomic E-state index is 13.4. The smallest absolute Gasteiger partial charge is 0.221 e. The molecule has 21 heavy (non-hydrogen) atoms. The van der Waals surface area contributed by atoms with Crippen LogP contribution in [-0.4, -0.2) is 11.7 Å². The van der Waals surface area contributed by atoms with Crippen molar-refractivity contribution >= 4 is 23.5 Å². The van der Waals surface area contributed by atoms with Gasteiger partial charge in [-0.05, 0) is 35.9 Å². The number of halogens is 1. The third kappa shape index (κ3) is 4.11. The molecule has 2 aromatic rings. The van der Waals surface area contributed by atoms with Crippen LogP contribution in [-0.2, 0) is 4.79 Å². The number of amides is 1. The zero-order valence-corrected chi connectivity index (χ0v) is 11.5. The van der Waals surface area contributed by atoms with Gasteiger partial charge in [0.2, 0.25) is 5.91 Å². The summed E-state index contributed by atoms with van der Waals surface area (Å²) >= 11 is 0. The lowest BCUT2D eigenvalue weighted by atomic mass is 10.1. The summed E-state index contributed by atoms with van der Waals surface area (Å²) in [6, 6.07) is 12.8. The summed E-state index contributed by atoms with van der Waals surface area (Å²) in [7, 11) is 0. The van der Waals surface area contributed by atoms with Crippen molar-refractivity contribution < 1.29 is 14.0 Å². The second-order valence-electron chi connectivity index (χ2n) is 4.48. The molecule has 1 N–H and O–H groups in total. The van der Waals surface area contributed by atoms with Gasteiger partial charge in [-0.2, -0.15) is 0 Å². The number of anilines is 1. The fourth-order valence-corrected chi connectivity index (χ4v) is 1.80. The Labute approximate surface area is 122 Å². The first-order valence-corrected chi connectivity index (χ1v) is 6.41. The molecule has 0 aromatic heterocycles. The van der Waals surface area contributed by atoms with E-state index in [1.807, 2.05) is 0 Å². The number of nitrogens with one attached hydrogen (secondary N) is 1. The molecular weight excluding hydrogens is 269 g/mol. The summed E-state index contributed by atoms with van der Waals surface area (Å²) in [6.07, 6.45) is 2.93. The molecule has 3 nitrogen and oxygen atoms in total. The normalized spacial score (nSPS) is 10.6. The summed E-state index contributed by atoms with van der Waals surface area (Å²) in [5.41, 5.74) is 1.51. The second-order valence-corrected chi connectivity index (χ2v) is 4.48. The quantitative estimate of drug-likeness (QED) is 0.687. The van der Waals surface area contributed by atoms with E-state index >= 15 is 0 Å². The van der Waals surface area contributed by atoms with Crippen LogP contribution in [0, 0.1) is 5.82 Å². The Morgan fingerprint density at radius 1 is 1.05 bits per heavy atom. The van der Waals surface area contributed by atoms with Gasteiger partial charge in [-0.25, -0.2) is 4.39 Å². The Morgan fingerprint density at radius 3 is 2.33 bits per heavy atom. The number of benzene rings is 2. The fourth-order valence-electron chi connectivity index (χ4n) is 1.80. The van der Waals surface area contributed by atoms with E-state index in [4.69, 9.17) is 0 Å². The summed E-state index contributed by atoms with van der Waals surface area (Å²) in [6.45, 7) is 1.43. The summed E-state index contributed by atoms with van der Waals surface area (Å²) < 4.78 is 13.4. The maximum absolute atomic E-state index is 13.4. The molecule has 1 amide bonds. The lowest BCUT2D eigenvalue weighted by molar-refractivity contribution is -0.114. The average Bonchev–Trinajstić information content (AvgIpc) is 2.46. The van der Waals surface area contributed by atoms with Gasteiger partial charge in [-0.3, -0.25) is 9.59 Å². The molecule has 0 saturated heterocycles. The van der Waals surface area contributed by atoms with Crippen LogP contribution in [0.1, 0.15) is 22.8 Å². The molecule has 106 valence electrons. The Hall–Kier alpha value is -2.75. The first kappa shape index (κ1) is 14.7. The Bertz CT molecular complexity index is 690. The highest BCUT2D eigenvalue weighted by Crippen LogP contribution is 2.12. The molecule has 0 aliphatic rings. The molecule has 4 heteroatoms. The number of ketones is 1. The summed E-state index contributed by atoms with van der Waals surface area (Å²) in [4.78, 5) is 22.8. The SMILES string of the molecule is CC(=O)Nc1ccc(/C=C/C(=O)c2ccccc2F)cc1. The van der Waals surface area contributed by atoms with E-state index < -0.39 is 5.82 Å². The van der Waals surface area contributed by atoms with Gasteiger partial charge in [-0.15, -0.1) is 0 Å². The summed E-state index contributed by atoms with van der Waals surface area (Å²) in [5.74, 6) is -1.07. The highest BCUT2D eigenvalue weighted by molar-refractivity contribution is 6.07. The van der Waals surface area contributed by atoms with Crippen molar-refractivity contribution in [2.75, 3.05) is 5.32 Å². The van der Waals surface area contributed by atoms with E-state index in [1.54, 1.807) is 36.4 Å². The Kier molecular flexibility index (Phi) is 4.61. The van der Waals surface area contributed by atoms with Crippen molar-refractivity contribution in [3.63, 3.8) is 0 Å². The molecule has 0 bridgehead atoms. The minimum absolute atomic E-state index is 0.0450. The van der Waals surface area contributed by atoms with Gasteiger partial charge in [0.05, 0.1) is 5.56 Å². The van der Waals surface area contributed by atoms with E-state index in [9.17, 15) is 14.0 Å². The third-order valence-electron chi connectivity index (χ3n) is 2.80. The van der Waals surface area contributed by atoms with Gasteiger partial charge >= 0.3 is 0 Å². The van der Waals surface area contributed by atoms with Crippen molar-refractivity contribution in [1.82, 2.24) is 0 Å². The molecule has 2 aromatic carbocycles. The Morgan fingerprint density at radius 2 is 1.71 bits per heavy atom. The molecule has 0 fully saturated rings. The number of carbonyl (C=O) groups excluding carboxylic acids is 2. The summed E-state index contributed by atoms with van der Waals surface area (Å²) in [5, 5.41) is 2.65. The van der Waals surface area contributed by atoms with Gasteiger partial charge in [0.1, 0.15) is 5.82 Å². The van der Waals surface area contributed by atoms with Crippen LogP contribution in [0.4, 0.5) is 10.1 Å². The fraction of sp³-hybridized carbons (Fsp3) is 0.0588. The van der Waals surface area contributed by atoms with Crippen molar-refractivity contribution in [3.05, 3.63) is 71.6 Å².